The van der Waals surface area contributed by atoms with Crippen molar-refractivity contribution in [3.8, 4) is 0 Å². The number of thioether (sulfide) groups is 1. The molecule has 0 bridgehead atoms. The minimum absolute atomic E-state index is 0.152. The Bertz CT molecular complexity index is 753. The Hall–Kier alpha value is -2.35. The molecule has 158 valence electrons. The number of benzene rings is 1. The van der Waals surface area contributed by atoms with Crippen molar-refractivity contribution in [2.75, 3.05) is 12.8 Å². The zero-order valence-electron chi connectivity index (χ0n) is 16.7. The number of hydrogen-bond acceptors (Lipinski definition) is 5. The lowest BCUT2D eigenvalue weighted by Gasteiger charge is -2.22. The van der Waals surface area contributed by atoms with Gasteiger partial charge in [0.05, 0.1) is 6.04 Å². The maximum atomic E-state index is 12.8. The molecule has 29 heavy (non-hydrogen) atoms. The van der Waals surface area contributed by atoms with E-state index in [1.807, 2.05) is 12.1 Å². The second kappa shape index (κ2) is 11.6. The number of hydrogen-bond donors (Lipinski definition) is 2. The molecule has 1 aliphatic heterocycles. The molecule has 8 heteroatoms. The number of fused-ring (bicyclic) bond motifs is 1. The van der Waals surface area contributed by atoms with Gasteiger partial charge in [0, 0.05) is 36.9 Å². The maximum absolute atomic E-state index is 12.8. The highest BCUT2D eigenvalue weighted by Crippen LogP contribution is 2.34. The maximum Gasteiger partial charge on any atom is 0.303 e. The van der Waals surface area contributed by atoms with Crippen LogP contribution in [0.15, 0.2) is 23.1 Å². The van der Waals surface area contributed by atoms with E-state index in [-0.39, 0.29) is 24.7 Å². The highest BCUT2D eigenvalue weighted by atomic mass is 32.2. The van der Waals surface area contributed by atoms with Crippen molar-refractivity contribution in [1.29, 1.82) is 0 Å². The summed E-state index contributed by atoms with van der Waals surface area (Å²) < 4.78 is 0. The minimum Gasteiger partial charge on any atom is -0.481 e. The van der Waals surface area contributed by atoms with Crippen LogP contribution < -0.4 is 5.32 Å². The first-order valence-electron chi connectivity index (χ1n) is 9.91. The molecule has 1 aromatic rings. The first-order valence-corrected chi connectivity index (χ1v) is 10.9. The van der Waals surface area contributed by atoms with E-state index in [1.165, 1.54) is 0 Å². The summed E-state index contributed by atoms with van der Waals surface area (Å²) in [5.74, 6) is -0.172. The highest BCUT2D eigenvalue weighted by molar-refractivity contribution is 7.99. The minimum atomic E-state index is -0.752. The van der Waals surface area contributed by atoms with Crippen molar-refractivity contribution >= 4 is 35.8 Å². The molecule has 0 saturated carbocycles. The van der Waals surface area contributed by atoms with Gasteiger partial charge < -0.3 is 20.1 Å². The molecule has 1 unspecified atom stereocenters. The smallest absolute Gasteiger partial charge is 0.303 e. The van der Waals surface area contributed by atoms with Gasteiger partial charge in [-0.05, 0) is 42.7 Å². The zero-order chi connectivity index (χ0) is 21.2. The molecule has 0 fully saturated rings. The molecular weight excluding hydrogens is 392 g/mol. The molecule has 1 heterocycles. The number of aldehydes is 1. The average Bonchev–Trinajstić information content (AvgIpc) is 3.04. The predicted octanol–water partition coefficient (Wildman–Crippen LogP) is 2.86. The summed E-state index contributed by atoms with van der Waals surface area (Å²) in [5.41, 5.74) is 1.57. The second-order valence-electron chi connectivity index (χ2n) is 7.04. The molecule has 2 N–H and O–H groups in total. The van der Waals surface area contributed by atoms with Crippen molar-refractivity contribution in [3.63, 3.8) is 0 Å². The molecule has 7 nitrogen and oxygen atoms in total. The van der Waals surface area contributed by atoms with E-state index < -0.39 is 12.0 Å². The van der Waals surface area contributed by atoms with Crippen LogP contribution in [0.4, 0.5) is 0 Å². The Morgan fingerprint density at radius 3 is 2.69 bits per heavy atom. The van der Waals surface area contributed by atoms with Crippen LogP contribution in [0.5, 0.6) is 0 Å². The normalized spacial score (nSPS) is 13.8. The Morgan fingerprint density at radius 2 is 2.00 bits per heavy atom. The summed E-state index contributed by atoms with van der Waals surface area (Å²) in [5, 5.41) is 11.2. The number of carboxylic acid groups (broad SMARTS) is 1. The van der Waals surface area contributed by atoms with Gasteiger partial charge in [-0.3, -0.25) is 14.4 Å². The van der Waals surface area contributed by atoms with Gasteiger partial charge >= 0.3 is 5.97 Å². The molecule has 0 aliphatic carbocycles. The van der Waals surface area contributed by atoms with Crippen LogP contribution >= 0.6 is 11.8 Å². The SMILES string of the molecule is CNC(=O)CCC(C=O)N1Cc2c(SCCCCCCC(=O)O)cccc2C1=O. The fraction of sp³-hybridized carbons (Fsp3) is 0.524. The van der Waals surface area contributed by atoms with Crippen LogP contribution in [-0.4, -0.2) is 52.9 Å². The summed E-state index contributed by atoms with van der Waals surface area (Å²) in [6.07, 6.45) is 5.03. The number of nitrogens with one attached hydrogen (secondary N) is 1. The molecular formula is C21H28N2O5S. The Morgan fingerprint density at radius 1 is 1.24 bits per heavy atom. The van der Waals surface area contributed by atoms with Crippen LogP contribution in [0, 0.1) is 0 Å². The number of amides is 2. The van der Waals surface area contributed by atoms with E-state index in [9.17, 15) is 19.2 Å². The molecule has 1 aliphatic rings. The van der Waals surface area contributed by atoms with E-state index in [4.69, 9.17) is 5.11 Å². The monoisotopic (exact) mass is 420 g/mol. The number of carbonyl (C=O) groups is 4. The number of unbranched alkanes of at least 4 members (excludes halogenated alkanes) is 3. The second-order valence-corrected chi connectivity index (χ2v) is 8.17. The first-order chi connectivity index (χ1) is 14.0. The fourth-order valence-corrected chi connectivity index (χ4v) is 4.44. The zero-order valence-corrected chi connectivity index (χ0v) is 17.5. The number of rotatable bonds is 13. The van der Waals surface area contributed by atoms with Gasteiger partial charge in [0.25, 0.3) is 5.91 Å². The van der Waals surface area contributed by atoms with Crippen LogP contribution in [0.2, 0.25) is 0 Å². The van der Waals surface area contributed by atoms with E-state index in [0.29, 0.717) is 24.9 Å². The summed E-state index contributed by atoms with van der Waals surface area (Å²) in [7, 11) is 1.55. The van der Waals surface area contributed by atoms with Crippen molar-refractivity contribution in [2.45, 2.75) is 62.4 Å². The number of carbonyl (C=O) groups excluding carboxylic acids is 3. The van der Waals surface area contributed by atoms with Gasteiger partial charge in [0.1, 0.15) is 6.29 Å². The molecule has 0 radical (unpaired) electrons. The van der Waals surface area contributed by atoms with Gasteiger partial charge in [0.2, 0.25) is 5.91 Å². The summed E-state index contributed by atoms with van der Waals surface area (Å²) >= 11 is 1.69. The lowest BCUT2D eigenvalue weighted by Crippen LogP contribution is -2.37. The molecule has 0 aromatic heterocycles. The van der Waals surface area contributed by atoms with Crippen LogP contribution in [0.3, 0.4) is 0 Å². The van der Waals surface area contributed by atoms with E-state index in [0.717, 1.165) is 41.8 Å². The Kier molecular flexibility index (Phi) is 9.18. The first kappa shape index (κ1) is 22.9. The van der Waals surface area contributed by atoms with Crippen LogP contribution in [0.1, 0.15) is 60.9 Å². The molecule has 2 amide bonds. The number of nitrogens with zero attached hydrogens (tertiary/aromatic N) is 1. The van der Waals surface area contributed by atoms with Gasteiger partial charge in [0.15, 0.2) is 0 Å². The standard InChI is InChI=1S/C21H28N2O5S/c1-22-19(25)11-10-15(14-24)23-13-17-16(21(23)28)7-6-8-18(17)29-12-5-3-2-4-9-20(26)27/h6-8,14-15H,2-5,9-13H2,1H3,(H,22,25)(H,26,27). The van der Waals surface area contributed by atoms with Gasteiger partial charge in [-0.15, -0.1) is 11.8 Å². The number of aliphatic carboxylic acids is 1. The largest absolute Gasteiger partial charge is 0.481 e. The van der Waals surface area contributed by atoms with E-state index >= 15 is 0 Å². The third kappa shape index (κ3) is 6.59. The highest BCUT2D eigenvalue weighted by Gasteiger charge is 2.34. The number of carboxylic acids is 1. The van der Waals surface area contributed by atoms with Gasteiger partial charge in [-0.25, -0.2) is 0 Å². The van der Waals surface area contributed by atoms with Gasteiger partial charge in [-0.2, -0.15) is 0 Å². The van der Waals surface area contributed by atoms with Crippen molar-refractivity contribution < 1.29 is 24.3 Å². The third-order valence-electron chi connectivity index (χ3n) is 5.00. The predicted molar refractivity (Wildman–Crippen MR) is 111 cm³/mol. The summed E-state index contributed by atoms with van der Waals surface area (Å²) in [6, 6.07) is 5.02. The molecule has 0 saturated heterocycles. The van der Waals surface area contributed by atoms with E-state index in [1.54, 1.807) is 29.8 Å². The summed E-state index contributed by atoms with van der Waals surface area (Å²) in [6.45, 7) is 0.382. The van der Waals surface area contributed by atoms with Crippen molar-refractivity contribution in [2.24, 2.45) is 0 Å². The van der Waals surface area contributed by atoms with Gasteiger partial charge in [-0.1, -0.05) is 18.9 Å². The molecule has 2 rings (SSSR count). The topological polar surface area (TPSA) is 104 Å². The summed E-state index contributed by atoms with van der Waals surface area (Å²) in [4.78, 5) is 48.9. The van der Waals surface area contributed by atoms with E-state index in [2.05, 4.69) is 5.32 Å². The quantitative estimate of drug-likeness (QED) is 0.289. The van der Waals surface area contributed by atoms with Crippen LogP contribution in [0.25, 0.3) is 0 Å². The Labute approximate surface area is 175 Å². The lowest BCUT2D eigenvalue weighted by molar-refractivity contribution is -0.137. The Balaban J connectivity index is 1.91. The fourth-order valence-electron chi connectivity index (χ4n) is 3.34. The lowest BCUT2D eigenvalue weighted by atomic mass is 10.1. The molecule has 1 atom stereocenters. The molecule has 0 spiro atoms. The van der Waals surface area contributed by atoms with Crippen molar-refractivity contribution in [1.82, 2.24) is 10.2 Å². The van der Waals surface area contributed by atoms with Crippen LogP contribution in [-0.2, 0) is 20.9 Å². The average molecular weight is 421 g/mol. The van der Waals surface area contributed by atoms with Crippen molar-refractivity contribution in [3.05, 3.63) is 29.3 Å². The third-order valence-corrected chi connectivity index (χ3v) is 6.19. The molecule has 1 aromatic carbocycles.